The van der Waals surface area contributed by atoms with Gasteiger partial charge in [-0.1, -0.05) is 6.92 Å². The third-order valence-electron chi connectivity index (χ3n) is 5.35. The van der Waals surface area contributed by atoms with Gasteiger partial charge in [-0.25, -0.2) is 4.98 Å². The lowest BCUT2D eigenvalue weighted by Crippen LogP contribution is -2.33. The van der Waals surface area contributed by atoms with Crippen molar-refractivity contribution >= 4 is 50.7 Å². The fourth-order valence-corrected chi connectivity index (χ4v) is 4.59. The first-order chi connectivity index (χ1) is 14.0. The number of H-pyrrole nitrogens is 1. The average molecular weight is 412 g/mol. The number of carbonyl (C=O) groups excluding carboxylic acids is 2. The molecule has 0 aliphatic carbocycles. The van der Waals surface area contributed by atoms with Crippen LogP contribution in [0.4, 0.5) is 16.6 Å². The monoisotopic (exact) mass is 411 g/mol. The van der Waals surface area contributed by atoms with Crippen LogP contribution < -0.4 is 15.5 Å². The predicted octanol–water partition coefficient (Wildman–Crippen LogP) is 4.32. The number of hydrogen-bond acceptors (Lipinski definition) is 5. The Kier molecular flexibility index (Phi) is 5.53. The fraction of sp³-hybridized carbons (Fsp3) is 0.381. The molecule has 1 aliphatic heterocycles. The number of thiazole rings is 1. The molecule has 3 aromatic rings. The Morgan fingerprint density at radius 1 is 1.28 bits per heavy atom. The maximum atomic E-state index is 11.5. The molecule has 1 aromatic carbocycles. The summed E-state index contributed by atoms with van der Waals surface area (Å²) < 4.78 is 0. The average Bonchev–Trinajstić information content (AvgIpc) is 3.34. The van der Waals surface area contributed by atoms with E-state index in [-0.39, 0.29) is 11.8 Å². The molecule has 1 saturated heterocycles. The van der Waals surface area contributed by atoms with Crippen LogP contribution in [-0.4, -0.2) is 34.9 Å². The fourth-order valence-electron chi connectivity index (χ4n) is 3.86. The summed E-state index contributed by atoms with van der Waals surface area (Å²) in [7, 11) is 0. The summed E-state index contributed by atoms with van der Waals surface area (Å²) in [6, 6.07) is 5.99. The van der Waals surface area contributed by atoms with Gasteiger partial charge in [0.1, 0.15) is 5.82 Å². The number of fused-ring (bicyclic) bond motifs is 1. The zero-order valence-corrected chi connectivity index (χ0v) is 17.4. The molecule has 0 saturated carbocycles. The number of nitrogens with one attached hydrogen (secondary N) is 3. The zero-order chi connectivity index (χ0) is 20.4. The number of amides is 2. The Hall–Kier alpha value is -2.87. The molecule has 1 aliphatic rings. The van der Waals surface area contributed by atoms with Gasteiger partial charge >= 0.3 is 0 Å². The molecule has 3 heterocycles. The Balaban J connectivity index is 1.44. The van der Waals surface area contributed by atoms with Gasteiger partial charge in [0.2, 0.25) is 11.8 Å². The van der Waals surface area contributed by atoms with Gasteiger partial charge in [0.25, 0.3) is 0 Å². The molecule has 0 bridgehead atoms. The van der Waals surface area contributed by atoms with Crippen LogP contribution in [0, 0.1) is 0 Å². The summed E-state index contributed by atoms with van der Waals surface area (Å²) in [4.78, 5) is 33.1. The Morgan fingerprint density at radius 3 is 2.79 bits per heavy atom. The van der Waals surface area contributed by atoms with Crippen molar-refractivity contribution in [1.29, 1.82) is 0 Å². The first-order valence-electron chi connectivity index (χ1n) is 9.92. The van der Waals surface area contributed by atoms with Crippen LogP contribution in [0.1, 0.15) is 44.6 Å². The number of hydrogen-bond donors (Lipinski definition) is 3. The van der Waals surface area contributed by atoms with Gasteiger partial charge in [-0.3, -0.25) is 9.59 Å². The highest BCUT2D eigenvalue weighted by atomic mass is 32.1. The van der Waals surface area contributed by atoms with E-state index in [9.17, 15) is 9.59 Å². The Bertz CT molecular complexity index is 1030. The lowest BCUT2D eigenvalue weighted by molar-refractivity contribution is -0.116. The number of piperidine rings is 1. The van der Waals surface area contributed by atoms with Crippen LogP contribution in [0.2, 0.25) is 0 Å². The minimum atomic E-state index is -0.0625. The van der Waals surface area contributed by atoms with Gasteiger partial charge in [0, 0.05) is 54.6 Å². The molecule has 0 unspecified atom stereocenters. The van der Waals surface area contributed by atoms with E-state index in [2.05, 4.69) is 37.8 Å². The molecule has 2 aromatic heterocycles. The van der Waals surface area contributed by atoms with E-state index < -0.39 is 0 Å². The molecule has 0 spiro atoms. The van der Waals surface area contributed by atoms with Crippen molar-refractivity contribution in [3.05, 3.63) is 35.3 Å². The van der Waals surface area contributed by atoms with Crippen LogP contribution in [0.25, 0.3) is 10.9 Å². The smallest absolute Gasteiger partial charge is 0.225 e. The number of benzene rings is 1. The molecule has 0 radical (unpaired) electrons. The molecule has 4 rings (SSSR count). The van der Waals surface area contributed by atoms with Crippen molar-refractivity contribution in [2.75, 3.05) is 28.6 Å². The van der Waals surface area contributed by atoms with Crippen molar-refractivity contribution in [2.24, 2.45) is 0 Å². The van der Waals surface area contributed by atoms with Gasteiger partial charge in [-0.15, -0.1) is 11.3 Å². The van der Waals surface area contributed by atoms with Gasteiger partial charge in [-0.2, -0.15) is 0 Å². The maximum absolute atomic E-state index is 11.5. The van der Waals surface area contributed by atoms with Crippen LogP contribution >= 0.6 is 11.3 Å². The number of rotatable bonds is 5. The second-order valence-corrected chi connectivity index (χ2v) is 8.22. The van der Waals surface area contributed by atoms with E-state index in [1.54, 1.807) is 0 Å². The summed E-state index contributed by atoms with van der Waals surface area (Å²) in [6.07, 6.45) is 4.62. The highest BCUT2D eigenvalue weighted by Crippen LogP contribution is 2.36. The lowest BCUT2D eigenvalue weighted by Gasteiger charge is -2.32. The quantitative estimate of drug-likeness (QED) is 0.583. The minimum absolute atomic E-state index is 0.0115. The van der Waals surface area contributed by atoms with Crippen molar-refractivity contribution in [3.8, 4) is 0 Å². The maximum Gasteiger partial charge on any atom is 0.225 e. The molecular weight excluding hydrogens is 386 g/mol. The van der Waals surface area contributed by atoms with E-state index >= 15 is 0 Å². The third-order valence-corrected chi connectivity index (χ3v) is 6.10. The van der Waals surface area contributed by atoms with Crippen LogP contribution in [0.3, 0.4) is 0 Å². The topological polar surface area (TPSA) is 90.1 Å². The van der Waals surface area contributed by atoms with Crippen molar-refractivity contribution in [1.82, 2.24) is 9.97 Å². The van der Waals surface area contributed by atoms with E-state index in [0.29, 0.717) is 17.5 Å². The zero-order valence-electron chi connectivity index (χ0n) is 16.6. The summed E-state index contributed by atoms with van der Waals surface area (Å²) in [5.41, 5.74) is 3.22. The van der Waals surface area contributed by atoms with Gasteiger partial charge in [0.05, 0.1) is 0 Å². The van der Waals surface area contributed by atoms with Crippen LogP contribution in [0.15, 0.2) is 29.8 Å². The highest BCUT2D eigenvalue weighted by molar-refractivity contribution is 7.14. The molecule has 0 atom stereocenters. The molecule has 3 N–H and O–H groups in total. The molecular formula is C21H25N5O2S. The minimum Gasteiger partial charge on any atom is -0.361 e. The number of nitrogens with zero attached hydrogens (tertiary/aromatic N) is 2. The molecule has 1 fully saturated rings. The molecule has 152 valence electrons. The Labute approximate surface area is 173 Å². The summed E-state index contributed by atoms with van der Waals surface area (Å²) in [5, 5.41) is 9.54. The first kappa shape index (κ1) is 19.4. The second-order valence-electron chi connectivity index (χ2n) is 7.36. The van der Waals surface area contributed by atoms with Crippen molar-refractivity contribution in [2.45, 2.75) is 39.0 Å². The third kappa shape index (κ3) is 4.27. The lowest BCUT2D eigenvalue weighted by atomic mass is 9.89. The summed E-state index contributed by atoms with van der Waals surface area (Å²) in [5.74, 6) is 1.33. The first-order valence-corrected chi connectivity index (χ1v) is 10.8. The van der Waals surface area contributed by atoms with E-state index in [1.165, 1.54) is 29.2 Å². The normalized spacial score (nSPS) is 14.9. The number of aromatic amines is 1. The van der Waals surface area contributed by atoms with Crippen molar-refractivity contribution in [3.63, 3.8) is 0 Å². The van der Waals surface area contributed by atoms with Gasteiger partial charge in [-0.05, 0) is 42.5 Å². The molecule has 8 heteroatoms. The predicted molar refractivity (Wildman–Crippen MR) is 118 cm³/mol. The largest absolute Gasteiger partial charge is 0.361 e. The van der Waals surface area contributed by atoms with Gasteiger partial charge in [0.15, 0.2) is 5.13 Å². The SMILES string of the molecule is CCC(=O)Nc1nc(N2CCC(c3c[nH]c4ccc(NC(C)=O)cc34)CC2)cs1. The summed E-state index contributed by atoms with van der Waals surface area (Å²) in [6.45, 7) is 5.20. The number of anilines is 3. The van der Waals surface area contributed by atoms with Crippen LogP contribution in [-0.2, 0) is 9.59 Å². The number of aromatic nitrogens is 2. The number of carbonyl (C=O) groups is 2. The standard InChI is InChI=1S/C21H25N5O2S/c1-3-20(28)25-21-24-19(12-29-21)26-8-6-14(7-9-26)17-11-22-18-5-4-15(10-16(17)18)23-13(2)27/h4-5,10-12,14,22H,3,6-9H2,1-2H3,(H,23,27)(H,24,25,28). The second kappa shape index (κ2) is 8.24. The van der Waals surface area contributed by atoms with E-state index in [1.807, 2.05) is 24.4 Å². The Morgan fingerprint density at radius 2 is 2.07 bits per heavy atom. The van der Waals surface area contributed by atoms with E-state index in [0.717, 1.165) is 43.0 Å². The van der Waals surface area contributed by atoms with Crippen molar-refractivity contribution < 1.29 is 9.59 Å². The van der Waals surface area contributed by atoms with E-state index in [4.69, 9.17) is 0 Å². The summed E-state index contributed by atoms with van der Waals surface area (Å²) >= 11 is 1.47. The highest BCUT2D eigenvalue weighted by Gasteiger charge is 2.24. The van der Waals surface area contributed by atoms with Gasteiger partial charge < -0.3 is 20.5 Å². The molecule has 7 nitrogen and oxygen atoms in total. The molecule has 29 heavy (non-hydrogen) atoms. The molecule has 2 amide bonds. The van der Waals surface area contributed by atoms with Crippen LogP contribution in [0.5, 0.6) is 0 Å².